The average molecular weight is 395 g/mol. The van der Waals surface area contributed by atoms with Crippen LogP contribution in [0.2, 0.25) is 5.02 Å². The first-order chi connectivity index (χ1) is 13.0. The van der Waals surface area contributed by atoms with E-state index in [0.29, 0.717) is 24.0 Å². The Morgan fingerprint density at radius 1 is 1.22 bits per heavy atom. The summed E-state index contributed by atoms with van der Waals surface area (Å²) in [6, 6.07) is 5.12. The van der Waals surface area contributed by atoms with E-state index in [1.54, 1.807) is 13.1 Å². The number of halogens is 2. The first kappa shape index (κ1) is 19.9. The molecule has 0 saturated heterocycles. The van der Waals surface area contributed by atoms with Crippen LogP contribution in [0.15, 0.2) is 23.2 Å². The fourth-order valence-corrected chi connectivity index (χ4v) is 3.80. The standard InChI is InChI=1S/C20H28ClFN4O/c1-23-20(24-10-9-13-5-6-15(22)12-18(13)21)26-17-4-2-3-14(11-17)19(27)25-16-7-8-16/h5-6,12,14,16-17H,2-4,7-11H2,1H3,(H,25,27)(H2,23,24,26). The lowest BCUT2D eigenvalue weighted by Gasteiger charge is -2.30. The molecule has 0 bridgehead atoms. The van der Waals surface area contributed by atoms with E-state index in [1.807, 2.05) is 0 Å². The molecule has 7 heteroatoms. The predicted molar refractivity (Wildman–Crippen MR) is 107 cm³/mol. The maximum absolute atomic E-state index is 13.1. The number of guanidine groups is 1. The zero-order valence-electron chi connectivity index (χ0n) is 15.7. The highest BCUT2D eigenvalue weighted by molar-refractivity contribution is 6.31. The fraction of sp³-hybridized carbons (Fsp3) is 0.600. The molecule has 2 unspecified atom stereocenters. The minimum absolute atomic E-state index is 0.0907. The summed E-state index contributed by atoms with van der Waals surface area (Å²) in [5.74, 6) is 0.694. The van der Waals surface area contributed by atoms with Gasteiger partial charge in [0.05, 0.1) is 0 Å². The number of hydrogen-bond acceptors (Lipinski definition) is 2. The highest BCUT2D eigenvalue weighted by Gasteiger charge is 2.31. The van der Waals surface area contributed by atoms with Gasteiger partial charge in [-0.2, -0.15) is 0 Å². The van der Waals surface area contributed by atoms with Crippen molar-refractivity contribution in [3.63, 3.8) is 0 Å². The number of rotatable bonds is 6. The van der Waals surface area contributed by atoms with Crippen molar-refractivity contribution in [3.05, 3.63) is 34.6 Å². The zero-order chi connectivity index (χ0) is 19.2. The van der Waals surface area contributed by atoms with Crippen LogP contribution in [-0.4, -0.2) is 37.5 Å². The summed E-state index contributed by atoms with van der Waals surface area (Å²) < 4.78 is 13.1. The molecule has 2 fully saturated rings. The van der Waals surface area contributed by atoms with Gasteiger partial charge in [0.1, 0.15) is 5.82 Å². The Morgan fingerprint density at radius 2 is 2.04 bits per heavy atom. The van der Waals surface area contributed by atoms with Crippen molar-refractivity contribution < 1.29 is 9.18 Å². The maximum atomic E-state index is 13.1. The molecule has 2 aliphatic carbocycles. The Bertz CT molecular complexity index is 693. The second-order valence-corrected chi connectivity index (χ2v) is 7.88. The minimum atomic E-state index is -0.327. The molecule has 2 saturated carbocycles. The van der Waals surface area contributed by atoms with Gasteiger partial charge in [-0.15, -0.1) is 0 Å². The van der Waals surface area contributed by atoms with Crippen molar-refractivity contribution in [2.45, 2.75) is 57.0 Å². The molecule has 0 heterocycles. The summed E-state index contributed by atoms with van der Waals surface area (Å²) in [5.41, 5.74) is 0.899. The van der Waals surface area contributed by atoms with Crippen molar-refractivity contribution in [2.24, 2.45) is 10.9 Å². The molecule has 3 rings (SSSR count). The van der Waals surface area contributed by atoms with Gasteiger partial charge in [0.2, 0.25) is 5.91 Å². The number of benzene rings is 1. The largest absolute Gasteiger partial charge is 0.356 e. The van der Waals surface area contributed by atoms with E-state index < -0.39 is 0 Å². The lowest BCUT2D eigenvalue weighted by atomic mass is 9.85. The minimum Gasteiger partial charge on any atom is -0.356 e. The Labute approximate surface area is 165 Å². The van der Waals surface area contributed by atoms with E-state index in [9.17, 15) is 9.18 Å². The molecule has 27 heavy (non-hydrogen) atoms. The Hall–Kier alpha value is -1.82. The van der Waals surface area contributed by atoms with Crippen LogP contribution in [0.25, 0.3) is 0 Å². The van der Waals surface area contributed by atoms with Crippen molar-refractivity contribution in [1.29, 1.82) is 0 Å². The van der Waals surface area contributed by atoms with Crippen LogP contribution in [0.4, 0.5) is 4.39 Å². The molecular formula is C20H28ClFN4O. The highest BCUT2D eigenvalue weighted by Crippen LogP contribution is 2.26. The van der Waals surface area contributed by atoms with Gasteiger partial charge in [-0.25, -0.2) is 4.39 Å². The second kappa shape index (κ2) is 9.40. The van der Waals surface area contributed by atoms with Gasteiger partial charge in [0, 0.05) is 36.6 Å². The third-order valence-electron chi connectivity index (χ3n) is 5.24. The first-order valence-corrected chi connectivity index (χ1v) is 10.1. The smallest absolute Gasteiger partial charge is 0.223 e. The maximum Gasteiger partial charge on any atom is 0.223 e. The Balaban J connectivity index is 1.44. The number of nitrogens with one attached hydrogen (secondary N) is 3. The monoisotopic (exact) mass is 394 g/mol. The molecule has 1 aromatic carbocycles. The van der Waals surface area contributed by atoms with Crippen LogP contribution in [0.3, 0.4) is 0 Å². The number of hydrogen-bond donors (Lipinski definition) is 3. The summed E-state index contributed by atoms with van der Waals surface area (Å²) >= 11 is 6.07. The third-order valence-corrected chi connectivity index (χ3v) is 5.59. The molecule has 1 amide bonds. The Morgan fingerprint density at radius 3 is 2.74 bits per heavy atom. The summed E-state index contributed by atoms with van der Waals surface area (Å²) in [5, 5.41) is 10.3. The molecule has 2 aliphatic rings. The molecule has 1 aromatic rings. The number of nitrogens with zero attached hydrogens (tertiary/aromatic N) is 1. The zero-order valence-corrected chi connectivity index (χ0v) is 16.5. The molecule has 2 atom stereocenters. The summed E-state index contributed by atoms with van der Waals surface area (Å²) in [6.07, 6.45) is 6.80. The van der Waals surface area contributed by atoms with Gasteiger partial charge >= 0.3 is 0 Å². The molecule has 0 aliphatic heterocycles. The fourth-order valence-electron chi connectivity index (χ4n) is 3.53. The molecular weight excluding hydrogens is 367 g/mol. The van der Waals surface area contributed by atoms with Gasteiger partial charge in [-0.05, 0) is 56.2 Å². The highest BCUT2D eigenvalue weighted by atomic mass is 35.5. The van der Waals surface area contributed by atoms with Crippen molar-refractivity contribution in [2.75, 3.05) is 13.6 Å². The van der Waals surface area contributed by atoms with Crippen LogP contribution in [0.5, 0.6) is 0 Å². The van der Waals surface area contributed by atoms with Gasteiger partial charge in [-0.1, -0.05) is 24.1 Å². The normalized spacial score (nSPS) is 23.0. The third kappa shape index (κ3) is 6.09. The second-order valence-electron chi connectivity index (χ2n) is 7.47. The van der Waals surface area contributed by atoms with Crippen LogP contribution >= 0.6 is 11.6 Å². The molecule has 5 nitrogen and oxygen atoms in total. The van der Waals surface area contributed by atoms with Crippen LogP contribution < -0.4 is 16.0 Å². The number of carbonyl (C=O) groups excluding carboxylic acids is 1. The van der Waals surface area contributed by atoms with Crippen LogP contribution in [0.1, 0.15) is 44.1 Å². The molecule has 0 aromatic heterocycles. The van der Waals surface area contributed by atoms with Crippen LogP contribution in [-0.2, 0) is 11.2 Å². The van der Waals surface area contributed by atoms with Crippen molar-refractivity contribution in [1.82, 2.24) is 16.0 Å². The molecule has 148 valence electrons. The number of amides is 1. The molecule has 0 spiro atoms. The summed E-state index contributed by atoms with van der Waals surface area (Å²) in [7, 11) is 1.74. The predicted octanol–water partition coefficient (Wildman–Crippen LogP) is 3.02. The topological polar surface area (TPSA) is 65.5 Å². The summed E-state index contributed by atoms with van der Waals surface area (Å²) in [6.45, 7) is 0.642. The van der Waals surface area contributed by atoms with E-state index in [4.69, 9.17) is 11.6 Å². The molecule has 3 N–H and O–H groups in total. The van der Waals surface area contributed by atoms with E-state index in [2.05, 4.69) is 20.9 Å². The van der Waals surface area contributed by atoms with Gasteiger partial charge in [-0.3, -0.25) is 9.79 Å². The van der Waals surface area contributed by atoms with E-state index >= 15 is 0 Å². The SMILES string of the molecule is CN=C(NCCc1ccc(F)cc1Cl)NC1CCCC(C(=O)NC2CC2)C1. The first-order valence-electron chi connectivity index (χ1n) is 9.76. The Kier molecular flexibility index (Phi) is 6.94. The van der Waals surface area contributed by atoms with E-state index in [-0.39, 0.29) is 23.7 Å². The average Bonchev–Trinajstić information content (AvgIpc) is 3.47. The lowest BCUT2D eigenvalue weighted by Crippen LogP contribution is -2.47. The van der Waals surface area contributed by atoms with Gasteiger partial charge in [0.15, 0.2) is 5.96 Å². The van der Waals surface area contributed by atoms with E-state index in [1.165, 1.54) is 12.1 Å². The quantitative estimate of drug-likeness (QED) is 0.513. The molecule has 0 radical (unpaired) electrons. The lowest BCUT2D eigenvalue weighted by molar-refractivity contribution is -0.126. The van der Waals surface area contributed by atoms with Gasteiger partial charge in [0.25, 0.3) is 0 Å². The van der Waals surface area contributed by atoms with E-state index in [0.717, 1.165) is 50.0 Å². The van der Waals surface area contributed by atoms with Crippen LogP contribution in [0, 0.1) is 11.7 Å². The van der Waals surface area contributed by atoms with Gasteiger partial charge < -0.3 is 16.0 Å². The summed E-state index contributed by atoms with van der Waals surface area (Å²) in [4.78, 5) is 16.6. The van der Waals surface area contributed by atoms with Crippen molar-refractivity contribution in [3.8, 4) is 0 Å². The number of aliphatic imine (C=N–C) groups is 1. The number of carbonyl (C=O) groups is 1. The van der Waals surface area contributed by atoms with Crippen molar-refractivity contribution >= 4 is 23.5 Å².